The first-order valence-corrected chi connectivity index (χ1v) is 6.49. The van der Waals surface area contributed by atoms with E-state index < -0.39 is 11.6 Å². The second-order valence-electron chi connectivity index (χ2n) is 5.20. The lowest BCUT2D eigenvalue weighted by Gasteiger charge is -2.31. The summed E-state index contributed by atoms with van der Waals surface area (Å²) in [5.74, 6) is -0.694. The highest BCUT2D eigenvalue weighted by atomic mass is 19.1. The van der Waals surface area contributed by atoms with Crippen molar-refractivity contribution < 1.29 is 13.6 Å². The minimum Gasteiger partial charge on any atom is -0.324 e. The third-order valence-electron chi connectivity index (χ3n) is 3.43. The van der Waals surface area contributed by atoms with E-state index in [9.17, 15) is 13.6 Å². The van der Waals surface area contributed by atoms with Crippen molar-refractivity contribution in [1.82, 2.24) is 4.90 Å². The first-order valence-electron chi connectivity index (χ1n) is 6.49. The Morgan fingerprint density at radius 1 is 1.37 bits per heavy atom. The Balaban J connectivity index is 2.08. The SMILES string of the molecule is Cc1cc(F)c(NC(=O)N2CCCC(C)C2)cc1F. The van der Waals surface area contributed by atoms with Crippen molar-refractivity contribution in [3.8, 4) is 0 Å². The highest BCUT2D eigenvalue weighted by Gasteiger charge is 2.21. The van der Waals surface area contributed by atoms with Crippen molar-refractivity contribution in [2.45, 2.75) is 26.7 Å². The van der Waals surface area contributed by atoms with Gasteiger partial charge in [0.25, 0.3) is 0 Å². The Hall–Kier alpha value is -1.65. The van der Waals surface area contributed by atoms with Crippen LogP contribution >= 0.6 is 0 Å². The van der Waals surface area contributed by atoms with Gasteiger partial charge in [-0.05, 0) is 37.3 Å². The molecule has 104 valence electrons. The van der Waals surface area contributed by atoms with Crippen molar-refractivity contribution in [2.24, 2.45) is 5.92 Å². The number of benzene rings is 1. The van der Waals surface area contributed by atoms with Crippen molar-refractivity contribution in [2.75, 3.05) is 18.4 Å². The van der Waals surface area contributed by atoms with Gasteiger partial charge in [0.05, 0.1) is 5.69 Å². The van der Waals surface area contributed by atoms with Crippen molar-refractivity contribution >= 4 is 11.7 Å². The maximum Gasteiger partial charge on any atom is 0.321 e. The first kappa shape index (κ1) is 13.8. The molecule has 2 rings (SSSR count). The van der Waals surface area contributed by atoms with E-state index in [0.717, 1.165) is 25.0 Å². The maximum atomic E-state index is 13.6. The Labute approximate surface area is 111 Å². The third-order valence-corrected chi connectivity index (χ3v) is 3.43. The summed E-state index contributed by atoms with van der Waals surface area (Å²) < 4.78 is 27.0. The lowest BCUT2D eigenvalue weighted by atomic mass is 10.0. The second-order valence-corrected chi connectivity index (χ2v) is 5.20. The molecule has 1 fully saturated rings. The van der Waals surface area contributed by atoms with Crippen molar-refractivity contribution in [3.63, 3.8) is 0 Å². The van der Waals surface area contributed by atoms with E-state index in [0.29, 0.717) is 19.0 Å². The average Bonchev–Trinajstić information content (AvgIpc) is 2.36. The van der Waals surface area contributed by atoms with Crippen LogP contribution in [0.2, 0.25) is 0 Å². The van der Waals surface area contributed by atoms with Crippen molar-refractivity contribution in [1.29, 1.82) is 0 Å². The standard InChI is InChI=1S/C14H18F2N2O/c1-9-4-3-5-18(8-9)14(19)17-13-7-11(15)10(2)6-12(13)16/h6-7,9H,3-5,8H2,1-2H3,(H,17,19). The van der Waals surface area contributed by atoms with Gasteiger partial charge in [-0.2, -0.15) is 0 Å². The van der Waals surface area contributed by atoms with Crippen LogP contribution in [0.25, 0.3) is 0 Å². The largest absolute Gasteiger partial charge is 0.324 e. The highest BCUT2D eigenvalue weighted by molar-refractivity contribution is 5.89. The summed E-state index contributed by atoms with van der Waals surface area (Å²) in [6.07, 6.45) is 2.04. The fourth-order valence-corrected chi connectivity index (χ4v) is 2.31. The van der Waals surface area contributed by atoms with E-state index in [2.05, 4.69) is 12.2 Å². The van der Waals surface area contributed by atoms with Gasteiger partial charge in [-0.25, -0.2) is 13.6 Å². The highest BCUT2D eigenvalue weighted by Crippen LogP contribution is 2.21. The van der Waals surface area contributed by atoms with Gasteiger partial charge in [-0.1, -0.05) is 6.92 Å². The number of anilines is 1. The summed E-state index contributed by atoms with van der Waals surface area (Å²) in [5, 5.41) is 2.44. The molecule has 0 saturated carbocycles. The van der Waals surface area contributed by atoms with Crippen LogP contribution in [0, 0.1) is 24.5 Å². The molecular weight excluding hydrogens is 250 g/mol. The average molecular weight is 268 g/mol. The number of aryl methyl sites for hydroxylation is 1. The molecule has 0 aliphatic carbocycles. The van der Waals surface area contributed by atoms with Gasteiger partial charge < -0.3 is 10.2 Å². The van der Waals surface area contributed by atoms with Gasteiger partial charge in [0.15, 0.2) is 0 Å². The van der Waals surface area contributed by atoms with Gasteiger partial charge >= 0.3 is 6.03 Å². The van der Waals surface area contributed by atoms with Crippen LogP contribution in [0.3, 0.4) is 0 Å². The summed E-state index contributed by atoms with van der Waals surface area (Å²) in [6.45, 7) is 4.87. The normalized spacial score (nSPS) is 19.4. The predicted molar refractivity (Wildman–Crippen MR) is 70.1 cm³/mol. The second kappa shape index (κ2) is 5.55. The molecule has 1 heterocycles. The zero-order valence-electron chi connectivity index (χ0n) is 11.2. The molecule has 1 unspecified atom stereocenters. The van der Waals surface area contributed by atoms with Gasteiger partial charge in [0.2, 0.25) is 0 Å². The van der Waals surface area contributed by atoms with Crippen LogP contribution < -0.4 is 5.32 Å². The number of carbonyl (C=O) groups excluding carboxylic acids is 1. The number of amides is 2. The van der Waals surface area contributed by atoms with E-state index in [1.165, 1.54) is 6.92 Å². The number of likely N-dealkylation sites (tertiary alicyclic amines) is 1. The number of rotatable bonds is 1. The lowest BCUT2D eigenvalue weighted by Crippen LogP contribution is -2.41. The van der Waals surface area contributed by atoms with Crippen LogP contribution in [-0.2, 0) is 0 Å². The molecular formula is C14H18F2N2O. The molecule has 1 N–H and O–H groups in total. The number of piperidine rings is 1. The molecule has 1 saturated heterocycles. The number of nitrogens with zero attached hydrogens (tertiary/aromatic N) is 1. The molecule has 0 radical (unpaired) electrons. The predicted octanol–water partition coefficient (Wildman–Crippen LogP) is 3.54. The molecule has 1 atom stereocenters. The Kier molecular flexibility index (Phi) is 4.02. The number of halogens is 2. The van der Waals surface area contributed by atoms with Gasteiger partial charge in [-0.15, -0.1) is 0 Å². The van der Waals surface area contributed by atoms with Crippen LogP contribution in [0.15, 0.2) is 12.1 Å². The summed E-state index contributed by atoms with van der Waals surface area (Å²) in [5.41, 5.74) is 0.119. The number of carbonyl (C=O) groups is 1. The number of hydrogen-bond donors (Lipinski definition) is 1. The van der Waals surface area contributed by atoms with Crippen LogP contribution in [0.5, 0.6) is 0 Å². The zero-order valence-corrected chi connectivity index (χ0v) is 11.2. The van der Waals surface area contributed by atoms with E-state index in [1.807, 2.05) is 0 Å². The fourth-order valence-electron chi connectivity index (χ4n) is 2.31. The number of nitrogens with one attached hydrogen (secondary N) is 1. The van der Waals surface area contributed by atoms with Crippen LogP contribution in [0.1, 0.15) is 25.3 Å². The van der Waals surface area contributed by atoms with Crippen LogP contribution in [-0.4, -0.2) is 24.0 Å². The number of hydrogen-bond acceptors (Lipinski definition) is 1. The third kappa shape index (κ3) is 3.22. The van der Waals surface area contributed by atoms with Crippen molar-refractivity contribution in [3.05, 3.63) is 29.3 Å². The first-order chi connectivity index (χ1) is 8.97. The smallest absolute Gasteiger partial charge is 0.321 e. The van der Waals surface area contributed by atoms with Crippen LogP contribution in [0.4, 0.5) is 19.3 Å². The van der Waals surface area contributed by atoms with E-state index >= 15 is 0 Å². The fraction of sp³-hybridized carbons (Fsp3) is 0.500. The number of urea groups is 1. The molecule has 1 aliphatic rings. The topological polar surface area (TPSA) is 32.3 Å². The molecule has 0 bridgehead atoms. The summed E-state index contributed by atoms with van der Waals surface area (Å²) in [6, 6.07) is 1.74. The Morgan fingerprint density at radius 2 is 2.11 bits per heavy atom. The molecule has 1 aromatic carbocycles. The van der Waals surface area contributed by atoms with E-state index in [1.54, 1.807) is 4.90 Å². The summed E-state index contributed by atoms with van der Waals surface area (Å²) in [7, 11) is 0. The summed E-state index contributed by atoms with van der Waals surface area (Å²) >= 11 is 0. The minimum atomic E-state index is -0.614. The van der Waals surface area contributed by atoms with E-state index in [4.69, 9.17) is 0 Å². The lowest BCUT2D eigenvalue weighted by molar-refractivity contribution is 0.182. The van der Waals surface area contributed by atoms with Gasteiger partial charge in [0, 0.05) is 19.2 Å². The van der Waals surface area contributed by atoms with Gasteiger partial charge in [-0.3, -0.25) is 0 Å². The molecule has 3 nitrogen and oxygen atoms in total. The molecule has 0 spiro atoms. The zero-order chi connectivity index (χ0) is 14.0. The minimum absolute atomic E-state index is 0.105. The Morgan fingerprint density at radius 3 is 2.79 bits per heavy atom. The molecule has 1 aliphatic heterocycles. The van der Waals surface area contributed by atoms with Gasteiger partial charge in [0.1, 0.15) is 11.6 Å². The summed E-state index contributed by atoms with van der Waals surface area (Å²) in [4.78, 5) is 13.6. The van der Waals surface area contributed by atoms with E-state index in [-0.39, 0.29) is 17.3 Å². The molecule has 0 aromatic heterocycles. The molecule has 2 amide bonds. The quantitative estimate of drug-likeness (QED) is 0.830. The Bertz CT molecular complexity index is 491. The molecule has 1 aromatic rings. The molecule has 19 heavy (non-hydrogen) atoms. The monoisotopic (exact) mass is 268 g/mol. The molecule has 5 heteroatoms. The maximum absolute atomic E-state index is 13.6.